The van der Waals surface area contributed by atoms with Gasteiger partial charge in [-0.15, -0.1) is 10.2 Å². The average molecular weight is 253 g/mol. The molecule has 0 amide bonds. The molecule has 0 aliphatic carbocycles. The largest absolute Gasteiger partial charge is 0.368 e. The fraction of sp³-hybridized carbons (Fsp3) is 0.700. The Labute approximate surface area is 103 Å². The second kappa shape index (κ2) is 4.32. The first-order valence-electron chi connectivity index (χ1n) is 5.80. The first-order valence-corrected chi connectivity index (χ1v) is 6.61. The summed E-state index contributed by atoms with van der Waals surface area (Å²) in [5.41, 5.74) is 0. The van der Waals surface area contributed by atoms with E-state index in [-0.39, 0.29) is 6.10 Å². The van der Waals surface area contributed by atoms with E-state index in [1.165, 1.54) is 0 Å². The molecule has 92 valence electrons. The topological polar surface area (TPSA) is 64.3 Å². The highest BCUT2D eigenvalue weighted by atomic mass is 32.1. The zero-order chi connectivity index (χ0) is 11.8. The maximum atomic E-state index is 5.69. The van der Waals surface area contributed by atoms with Crippen molar-refractivity contribution in [1.82, 2.24) is 25.1 Å². The molecule has 0 saturated carbocycles. The summed E-state index contributed by atoms with van der Waals surface area (Å²) >= 11 is 1.56. The third-order valence-corrected chi connectivity index (χ3v) is 3.74. The van der Waals surface area contributed by atoms with Crippen molar-refractivity contribution in [3.8, 4) is 0 Å². The minimum Gasteiger partial charge on any atom is -0.368 e. The van der Waals surface area contributed by atoms with E-state index in [4.69, 9.17) is 4.74 Å². The van der Waals surface area contributed by atoms with Crippen molar-refractivity contribution in [2.24, 2.45) is 0 Å². The van der Waals surface area contributed by atoms with Crippen molar-refractivity contribution in [3.63, 3.8) is 0 Å². The molecule has 17 heavy (non-hydrogen) atoms. The minimum atomic E-state index is 0.0514. The third-order valence-electron chi connectivity index (χ3n) is 2.75. The summed E-state index contributed by atoms with van der Waals surface area (Å²) in [4.78, 5) is 0.845. The van der Waals surface area contributed by atoms with Crippen molar-refractivity contribution in [1.29, 1.82) is 0 Å². The molecule has 3 heterocycles. The van der Waals surface area contributed by atoms with E-state index < -0.39 is 0 Å². The van der Waals surface area contributed by atoms with Gasteiger partial charge in [-0.3, -0.25) is 0 Å². The van der Waals surface area contributed by atoms with Crippen LogP contribution in [0.4, 0.5) is 0 Å². The van der Waals surface area contributed by atoms with Gasteiger partial charge in [0.1, 0.15) is 11.1 Å². The van der Waals surface area contributed by atoms with E-state index in [1.54, 1.807) is 11.3 Å². The molecule has 1 fully saturated rings. The molecule has 1 atom stereocenters. The van der Waals surface area contributed by atoms with Crippen LogP contribution in [0.5, 0.6) is 0 Å². The summed E-state index contributed by atoms with van der Waals surface area (Å²) < 4.78 is 7.52. The molecule has 7 heteroatoms. The Kier molecular flexibility index (Phi) is 2.81. The Morgan fingerprint density at radius 3 is 3.06 bits per heavy atom. The molecular formula is C10H15N5OS. The lowest BCUT2D eigenvalue weighted by Crippen LogP contribution is -2.33. The highest BCUT2D eigenvalue weighted by Crippen LogP contribution is 2.25. The van der Waals surface area contributed by atoms with Crippen LogP contribution in [0, 0.1) is 0 Å². The number of hydrogen-bond donors (Lipinski definition) is 1. The van der Waals surface area contributed by atoms with E-state index >= 15 is 0 Å². The maximum Gasteiger partial charge on any atom is 0.234 e. The van der Waals surface area contributed by atoms with Crippen LogP contribution >= 0.6 is 11.3 Å². The number of nitrogens with one attached hydrogen (secondary N) is 1. The maximum absolute atomic E-state index is 5.69. The van der Waals surface area contributed by atoms with Gasteiger partial charge in [-0.25, -0.2) is 0 Å². The number of morpholine rings is 1. The summed E-state index contributed by atoms with van der Waals surface area (Å²) in [6.07, 6.45) is 0.0514. The Hall–Kier alpha value is -1.05. The highest BCUT2D eigenvalue weighted by molar-refractivity contribution is 7.16. The summed E-state index contributed by atoms with van der Waals surface area (Å²) in [7, 11) is 0. The van der Waals surface area contributed by atoms with Crippen LogP contribution in [0.1, 0.15) is 36.7 Å². The van der Waals surface area contributed by atoms with Gasteiger partial charge in [-0.2, -0.15) is 9.61 Å². The van der Waals surface area contributed by atoms with Crippen molar-refractivity contribution in [2.75, 3.05) is 19.7 Å². The monoisotopic (exact) mass is 253 g/mol. The standard InChI is InChI=1S/C10H15N5OS/c1-6(2)8-12-13-10-15(8)14-9(17-10)7-5-11-3-4-16-7/h6-7,11H,3-5H2,1-2H3. The van der Waals surface area contributed by atoms with Gasteiger partial charge in [0.05, 0.1) is 6.61 Å². The predicted molar refractivity (Wildman–Crippen MR) is 64.3 cm³/mol. The number of rotatable bonds is 2. The van der Waals surface area contributed by atoms with Gasteiger partial charge in [0.25, 0.3) is 0 Å². The molecule has 6 nitrogen and oxygen atoms in total. The van der Waals surface area contributed by atoms with Gasteiger partial charge in [-0.1, -0.05) is 25.2 Å². The number of nitrogens with zero attached hydrogens (tertiary/aromatic N) is 4. The molecule has 1 saturated heterocycles. The minimum absolute atomic E-state index is 0.0514. The van der Waals surface area contributed by atoms with Gasteiger partial charge < -0.3 is 10.1 Å². The average Bonchev–Trinajstić information content (AvgIpc) is 2.88. The van der Waals surface area contributed by atoms with Crippen LogP contribution < -0.4 is 5.32 Å². The first-order chi connectivity index (χ1) is 8.25. The van der Waals surface area contributed by atoms with Crippen molar-refractivity contribution >= 4 is 16.3 Å². The number of aromatic nitrogens is 4. The third kappa shape index (κ3) is 1.94. The van der Waals surface area contributed by atoms with E-state index in [2.05, 4.69) is 34.5 Å². The normalized spacial score (nSPS) is 21.5. The molecule has 0 aromatic carbocycles. The number of hydrogen-bond acceptors (Lipinski definition) is 6. The first kappa shape index (κ1) is 11.1. The fourth-order valence-electron chi connectivity index (χ4n) is 1.86. The second-order valence-electron chi connectivity index (χ2n) is 4.41. The lowest BCUT2D eigenvalue weighted by Gasteiger charge is -2.21. The van der Waals surface area contributed by atoms with Gasteiger partial charge in [0, 0.05) is 19.0 Å². The molecule has 1 unspecified atom stereocenters. The molecule has 1 N–H and O–H groups in total. The van der Waals surface area contributed by atoms with Crippen molar-refractivity contribution in [2.45, 2.75) is 25.9 Å². The molecule has 0 bridgehead atoms. The van der Waals surface area contributed by atoms with Crippen LogP contribution in [0.3, 0.4) is 0 Å². The summed E-state index contributed by atoms with van der Waals surface area (Å²) in [5.74, 6) is 1.23. The predicted octanol–water partition coefficient (Wildman–Crippen LogP) is 0.970. The van der Waals surface area contributed by atoms with Crippen LogP contribution in [0.15, 0.2) is 0 Å². The molecule has 0 spiro atoms. The van der Waals surface area contributed by atoms with Gasteiger partial charge in [0.2, 0.25) is 4.96 Å². The molecule has 0 radical (unpaired) electrons. The van der Waals surface area contributed by atoms with Crippen molar-refractivity contribution in [3.05, 3.63) is 10.8 Å². The van der Waals surface area contributed by atoms with Crippen LogP contribution in [0.2, 0.25) is 0 Å². The quantitative estimate of drug-likeness (QED) is 0.864. The Balaban J connectivity index is 1.95. The van der Waals surface area contributed by atoms with Crippen LogP contribution in [0.25, 0.3) is 4.96 Å². The summed E-state index contributed by atoms with van der Waals surface area (Å²) in [6.45, 7) is 6.66. The van der Waals surface area contributed by atoms with E-state index in [1.807, 2.05) is 4.52 Å². The molecule has 1 aliphatic rings. The number of fused-ring (bicyclic) bond motifs is 1. The number of ether oxygens (including phenoxy) is 1. The summed E-state index contributed by atoms with van der Waals surface area (Å²) in [5, 5.41) is 17.1. The molecular weight excluding hydrogens is 238 g/mol. The molecule has 2 aromatic heterocycles. The molecule has 2 aromatic rings. The Morgan fingerprint density at radius 2 is 2.35 bits per heavy atom. The van der Waals surface area contributed by atoms with E-state index in [0.717, 1.165) is 35.5 Å². The van der Waals surface area contributed by atoms with Crippen LogP contribution in [-0.2, 0) is 4.74 Å². The molecule has 3 rings (SSSR count). The van der Waals surface area contributed by atoms with Gasteiger partial charge in [-0.05, 0) is 0 Å². The van der Waals surface area contributed by atoms with Gasteiger partial charge >= 0.3 is 0 Å². The highest BCUT2D eigenvalue weighted by Gasteiger charge is 2.22. The second-order valence-corrected chi connectivity index (χ2v) is 5.40. The zero-order valence-corrected chi connectivity index (χ0v) is 10.7. The smallest absolute Gasteiger partial charge is 0.234 e. The summed E-state index contributed by atoms with van der Waals surface area (Å²) in [6, 6.07) is 0. The lowest BCUT2D eigenvalue weighted by molar-refractivity contribution is 0.0270. The SMILES string of the molecule is CC(C)c1nnc2sc(C3CNCCO3)nn12. The van der Waals surface area contributed by atoms with Gasteiger partial charge in [0.15, 0.2) is 5.82 Å². The lowest BCUT2D eigenvalue weighted by atomic mass is 10.2. The van der Waals surface area contributed by atoms with E-state index in [9.17, 15) is 0 Å². The zero-order valence-electron chi connectivity index (χ0n) is 9.88. The van der Waals surface area contributed by atoms with Crippen molar-refractivity contribution < 1.29 is 4.74 Å². The Morgan fingerprint density at radius 1 is 1.47 bits per heavy atom. The molecule has 1 aliphatic heterocycles. The fourth-order valence-corrected chi connectivity index (χ4v) is 2.76. The van der Waals surface area contributed by atoms with Crippen LogP contribution in [-0.4, -0.2) is 39.5 Å². The van der Waals surface area contributed by atoms with E-state index in [0.29, 0.717) is 5.92 Å². The Bertz CT molecular complexity index is 514.